The summed E-state index contributed by atoms with van der Waals surface area (Å²) in [4.78, 5) is 0. The Morgan fingerprint density at radius 3 is 2.38 bits per heavy atom. The molecule has 1 heterocycles. The van der Waals surface area contributed by atoms with Gasteiger partial charge in [-0.25, -0.2) is 5.43 Å². The number of nitrogens with one attached hydrogen (secondary N) is 1. The van der Waals surface area contributed by atoms with Crippen molar-refractivity contribution in [2.45, 2.75) is 17.4 Å². The second kappa shape index (κ2) is 2.37. The van der Waals surface area contributed by atoms with E-state index in [0.717, 1.165) is 5.17 Å². The number of nitrogens with zero attached hydrogens (tertiary/aromatic N) is 1. The van der Waals surface area contributed by atoms with Crippen LogP contribution in [0, 0.1) is 0 Å². The number of rotatable bonds is 0. The maximum absolute atomic E-state index is 8.67. The number of halogens is 2. The zero-order chi connectivity index (χ0) is 6.15. The average Bonchev–Trinajstić information content (AvgIpc) is 1.85. The van der Waals surface area contributed by atoms with Crippen LogP contribution in [0.5, 0.6) is 0 Å². The Morgan fingerprint density at radius 2 is 2.25 bits per heavy atom. The predicted molar refractivity (Wildman–Crippen MR) is 30.7 cm³/mol. The molecule has 0 aromatic rings. The van der Waals surface area contributed by atoms with Gasteiger partial charge in [0.25, 0.3) is 0 Å². The zero-order valence-corrected chi connectivity index (χ0v) is 5.52. The second-order valence-electron chi connectivity index (χ2n) is 1.61. The lowest BCUT2D eigenvalue weighted by atomic mass is 10.5. The van der Waals surface area contributed by atoms with Crippen molar-refractivity contribution in [1.82, 2.24) is 10.6 Å². The van der Waals surface area contributed by atoms with Gasteiger partial charge in [0.2, 0.25) is 0 Å². The Bertz CT molecular complexity index is 81.4. The number of hydrazine groups is 1. The van der Waals surface area contributed by atoms with Crippen LogP contribution in [0.25, 0.3) is 0 Å². The van der Waals surface area contributed by atoms with Crippen molar-refractivity contribution in [3.63, 3.8) is 0 Å². The van der Waals surface area contributed by atoms with E-state index < -0.39 is 5.50 Å². The van der Waals surface area contributed by atoms with E-state index in [1.165, 1.54) is 0 Å². The Hall–Kier alpha value is 0.460. The molecule has 2 N–H and O–H groups in total. The van der Waals surface area contributed by atoms with Crippen LogP contribution in [0.3, 0.4) is 0 Å². The molecular weight excluding hydrogens is 151 g/mol. The van der Waals surface area contributed by atoms with E-state index in [9.17, 15) is 0 Å². The fourth-order valence-electron chi connectivity index (χ4n) is 0.548. The SMILES string of the molecule is ON1NC(Cl)CC1Cl. The number of hydroxylamine groups is 1. The van der Waals surface area contributed by atoms with Crippen molar-refractivity contribution in [2.24, 2.45) is 0 Å². The smallest absolute Gasteiger partial charge is 0.127 e. The molecule has 0 radical (unpaired) electrons. The van der Waals surface area contributed by atoms with Crippen LogP contribution in [-0.2, 0) is 0 Å². The van der Waals surface area contributed by atoms with Gasteiger partial charge in [-0.2, -0.15) is 0 Å². The maximum atomic E-state index is 8.67. The minimum atomic E-state index is -0.391. The molecule has 0 aliphatic carbocycles. The summed E-state index contributed by atoms with van der Waals surface area (Å²) in [6, 6.07) is 0. The first-order valence-electron chi connectivity index (χ1n) is 2.22. The minimum Gasteiger partial charge on any atom is -0.298 e. The van der Waals surface area contributed by atoms with Crippen LogP contribution in [-0.4, -0.2) is 21.4 Å². The van der Waals surface area contributed by atoms with Crippen molar-refractivity contribution >= 4 is 23.2 Å². The summed E-state index contributed by atoms with van der Waals surface area (Å²) in [6.45, 7) is 0. The van der Waals surface area contributed by atoms with Gasteiger partial charge in [-0.15, -0.1) is 28.4 Å². The van der Waals surface area contributed by atoms with Crippen molar-refractivity contribution < 1.29 is 5.21 Å². The van der Waals surface area contributed by atoms with Gasteiger partial charge < -0.3 is 0 Å². The lowest BCUT2D eigenvalue weighted by Gasteiger charge is -2.07. The highest BCUT2D eigenvalue weighted by Crippen LogP contribution is 2.17. The summed E-state index contributed by atoms with van der Waals surface area (Å²) >= 11 is 11.0. The van der Waals surface area contributed by atoms with E-state index in [-0.39, 0.29) is 5.50 Å². The van der Waals surface area contributed by atoms with Gasteiger partial charge >= 0.3 is 0 Å². The van der Waals surface area contributed by atoms with Crippen LogP contribution >= 0.6 is 23.2 Å². The van der Waals surface area contributed by atoms with Crippen molar-refractivity contribution in [1.29, 1.82) is 0 Å². The van der Waals surface area contributed by atoms with E-state index in [4.69, 9.17) is 28.4 Å². The van der Waals surface area contributed by atoms with Crippen LogP contribution in [0.15, 0.2) is 0 Å². The average molecular weight is 157 g/mol. The zero-order valence-electron chi connectivity index (χ0n) is 4.01. The molecule has 0 aromatic heterocycles. The van der Waals surface area contributed by atoms with E-state index in [2.05, 4.69) is 5.43 Å². The molecule has 48 valence electrons. The van der Waals surface area contributed by atoms with Gasteiger partial charge in [0.05, 0.1) is 0 Å². The number of hydrogen-bond acceptors (Lipinski definition) is 3. The summed E-state index contributed by atoms with van der Waals surface area (Å²) in [5.41, 5.74) is 1.86. The number of hydrogen-bond donors (Lipinski definition) is 2. The summed E-state index contributed by atoms with van der Waals surface area (Å²) in [7, 11) is 0. The third kappa shape index (κ3) is 1.24. The molecule has 1 fully saturated rings. The summed E-state index contributed by atoms with van der Waals surface area (Å²) in [5, 5.41) is 9.48. The first-order chi connectivity index (χ1) is 3.70. The molecule has 1 rings (SSSR count). The highest BCUT2D eigenvalue weighted by Gasteiger charge is 2.26. The molecule has 2 unspecified atom stereocenters. The van der Waals surface area contributed by atoms with Crippen LogP contribution in [0.4, 0.5) is 0 Å². The molecule has 0 spiro atoms. The van der Waals surface area contributed by atoms with Crippen LogP contribution in [0.2, 0.25) is 0 Å². The van der Waals surface area contributed by atoms with Gasteiger partial charge in [0.15, 0.2) is 0 Å². The summed E-state index contributed by atoms with van der Waals surface area (Å²) < 4.78 is 0. The molecule has 0 aromatic carbocycles. The van der Waals surface area contributed by atoms with Gasteiger partial charge in [-0.3, -0.25) is 5.21 Å². The quantitative estimate of drug-likeness (QED) is 0.401. The van der Waals surface area contributed by atoms with Crippen molar-refractivity contribution in [3.05, 3.63) is 0 Å². The largest absolute Gasteiger partial charge is 0.298 e. The third-order valence-corrected chi connectivity index (χ3v) is 1.58. The molecule has 5 heteroatoms. The minimum absolute atomic E-state index is 0.234. The van der Waals surface area contributed by atoms with Gasteiger partial charge in [-0.05, 0) is 0 Å². The van der Waals surface area contributed by atoms with Crippen molar-refractivity contribution in [3.8, 4) is 0 Å². The Morgan fingerprint density at radius 1 is 1.62 bits per heavy atom. The van der Waals surface area contributed by atoms with Crippen LogP contribution < -0.4 is 5.43 Å². The van der Waals surface area contributed by atoms with Crippen molar-refractivity contribution in [2.75, 3.05) is 0 Å². The summed E-state index contributed by atoms with van der Waals surface area (Å²) in [6.07, 6.45) is 0.555. The van der Waals surface area contributed by atoms with Gasteiger partial charge in [0, 0.05) is 6.42 Å². The van der Waals surface area contributed by atoms with Gasteiger partial charge in [-0.1, -0.05) is 0 Å². The first kappa shape index (κ1) is 6.58. The van der Waals surface area contributed by atoms with E-state index >= 15 is 0 Å². The molecule has 2 atom stereocenters. The molecule has 1 aliphatic rings. The van der Waals surface area contributed by atoms with Crippen LogP contribution in [0.1, 0.15) is 6.42 Å². The molecule has 8 heavy (non-hydrogen) atoms. The normalized spacial score (nSPS) is 40.9. The second-order valence-corrected chi connectivity index (χ2v) is 2.64. The van der Waals surface area contributed by atoms with E-state index in [1.807, 2.05) is 0 Å². The molecule has 1 aliphatic heterocycles. The predicted octanol–water partition coefficient (Wildman–Crippen LogP) is 0.716. The first-order valence-corrected chi connectivity index (χ1v) is 3.10. The standard InChI is InChI=1S/C3H6Cl2N2O/c4-2-1-3(5)7(8)6-2/h2-3,6,8H,1H2. The lowest BCUT2D eigenvalue weighted by Crippen LogP contribution is -2.32. The molecular formula is C3H6Cl2N2O. The lowest BCUT2D eigenvalue weighted by molar-refractivity contribution is -0.124. The molecule has 0 bridgehead atoms. The maximum Gasteiger partial charge on any atom is 0.127 e. The topological polar surface area (TPSA) is 35.5 Å². The number of alkyl halides is 2. The van der Waals surface area contributed by atoms with Gasteiger partial charge in [0.1, 0.15) is 11.0 Å². The fourth-order valence-corrected chi connectivity index (χ4v) is 1.14. The summed E-state index contributed by atoms with van der Waals surface area (Å²) in [5.74, 6) is 0. The Labute approximate surface area is 57.1 Å². The molecule has 1 saturated heterocycles. The molecule has 0 amide bonds. The highest BCUT2D eigenvalue weighted by atomic mass is 35.5. The van der Waals surface area contributed by atoms with E-state index in [1.54, 1.807) is 0 Å². The Kier molecular flexibility index (Phi) is 1.95. The highest BCUT2D eigenvalue weighted by molar-refractivity contribution is 6.23. The third-order valence-electron chi connectivity index (χ3n) is 0.939. The Balaban J connectivity index is 2.39. The fraction of sp³-hybridized carbons (Fsp3) is 1.00. The monoisotopic (exact) mass is 156 g/mol. The molecule has 0 saturated carbocycles. The molecule has 3 nitrogen and oxygen atoms in total. The van der Waals surface area contributed by atoms with E-state index in [0.29, 0.717) is 6.42 Å².